The standard InChI is InChI=1S/C50H44S6/c1-5-7-9-11-13-15-17-19-21-23-25-39-35-37(3)51-49(39)47-33-31-45(55-47)43-29-27-41(53-43)42-28-30-44(54-42)46-32-34-48(56-46)50-40(36-38(4)52-50)26-24-22-20-18-16-14-12-10-8-6-2/h25,27-36H,1,6,8,10,12,14,16,18,20,22,24,26H2,2-4H3. The largest absolute Gasteiger partial charge is 0.139 e. The molecule has 0 aliphatic heterocycles. The van der Waals surface area contributed by atoms with Gasteiger partial charge >= 0.3 is 0 Å². The van der Waals surface area contributed by atoms with Crippen LogP contribution in [0.25, 0.3) is 54.8 Å². The molecule has 0 bridgehead atoms. The molecule has 0 unspecified atom stereocenters. The third-order valence-corrected chi connectivity index (χ3v) is 16.5. The van der Waals surface area contributed by atoms with Gasteiger partial charge in [-0.3, -0.25) is 0 Å². The maximum absolute atomic E-state index is 3.40. The maximum Gasteiger partial charge on any atom is 0.0524 e. The second-order valence-electron chi connectivity index (χ2n) is 13.4. The number of unbranched alkanes of at least 4 members (excludes halogenated alkanes) is 9. The molecule has 0 saturated heterocycles. The van der Waals surface area contributed by atoms with Gasteiger partial charge in [-0.25, -0.2) is 0 Å². The molecule has 6 heteroatoms. The van der Waals surface area contributed by atoms with Crippen LogP contribution < -0.4 is 0 Å². The number of thiophene rings is 6. The van der Waals surface area contributed by atoms with Crippen LogP contribution in [0.5, 0.6) is 0 Å². The summed E-state index contributed by atoms with van der Waals surface area (Å²) in [6.07, 6.45) is 16.9. The predicted octanol–water partition coefficient (Wildman–Crippen LogP) is 17.7. The van der Waals surface area contributed by atoms with E-state index < -0.39 is 0 Å². The van der Waals surface area contributed by atoms with Crippen molar-refractivity contribution in [2.24, 2.45) is 0 Å². The van der Waals surface area contributed by atoms with Crippen LogP contribution in [-0.4, -0.2) is 0 Å². The molecule has 0 N–H and O–H groups in total. The Hall–Kier alpha value is -4.26. The third kappa shape index (κ3) is 11.9. The third-order valence-electron chi connectivity index (χ3n) is 9.04. The summed E-state index contributed by atoms with van der Waals surface area (Å²) in [5.41, 5.74) is 29.5. The van der Waals surface area contributed by atoms with Gasteiger partial charge < -0.3 is 0 Å². The first-order chi connectivity index (χ1) is 27.5. The van der Waals surface area contributed by atoms with Gasteiger partial charge in [-0.2, -0.15) is 0 Å². The lowest BCUT2D eigenvalue weighted by atomic mass is 10.0. The fourth-order valence-corrected chi connectivity index (χ4v) is 13.0. The second kappa shape index (κ2) is 21.9. The lowest BCUT2D eigenvalue weighted by Gasteiger charge is -2.04. The van der Waals surface area contributed by atoms with E-state index in [2.05, 4.69) is 145 Å². The van der Waals surface area contributed by atoms with Crippen LogP contribution in [-0.2, 0) is 6.42 Å². The first kappa shape index (κ1) is 41.4. The van der Waals surface area contributed by atoms with Gasteiger partial charge in [0.15, 0.2) is 0 Å². The van der Waals surface area contributed by atoms with Gasteiger partial charge in [-0.05, 0) is 151 Å². The van der Waals surface area contributed by atoms with E-state index in [0.29, 0.717) is 0 Å². The van der Waals surface area contributed by atoms with Crippen LogP contribution in [0.1, 0.15) is 92.0 Å². The Morgan fingerprint density at radius 3 is 1.41 bits per heavy atom. The van der Waals surface area contributed by atoms with Crippen molar-refractivity contribution in [2.45, 2.75) is 91.4 Å². The van der Waals surface area contributed by atoms with Gasteiger partial charge in [-0.1, -0.05) is 76.2 Å². The Kier molecular flexibility index (Phi) is 16.2. The van der Waals surface area contributed by atoms with Crippen molar-refractivity contribution in [2.75, 3.05) is 0 Å². The predicted molar refractivity (Wildman–Crippen MR) is 251 cm³/mol. The topological polar surface area (TPSA) is 0 Å². The molecule has 0 aliphatic rings. The average Bonchev–Trinajstić information content (AvgIpc) is 4.05. The smallest absolute Gasteiger partial charge is 0.0524 e. The second-order valence-corrected chi connectivity index (χ2v) is 20.3. The van der Waals surface area contributed by atoms with Gasteiger partial charge in [0.1, 0.15) is 0 Å². The van der Waals surface area contributed by atoms with Crippen molar-refractivity contribution >= 4 is 74.1 Å². The molecule has 280 valence electrons. The molecular formula is C50H44S6. The Balaban J connectivity index is 1.09. The Labute approximate surface area is 356 Å². The summed E-state index contributed by atoms with van der Waals surface area (Å²) in [6.45, 7) is 10.1. The highest BCUT2D eigenvalue weighted by Gasteiger charge is 2.16. The zero-order chi connectivity index (χ0) is 39.0. The van der Waals surface area contributed by atoms with Crippen LogP contribution >= 0.6 is 68.0 Å². The van der Waals surface area contributed by atoms with E-state index in [0.717, 1.165) is 5.56 Å². The molecule has 0 spiro atoms. The molecule has 6 aromatic rings. The molecule has 0 aromatic carbocycles. The van der Waals surface area contributed by atoms with E-state index >= 15 is 0 Å². The van der Waals surface area contributed by atoms with Crippen LogP contribution in [0.15, 0.2) is 125 Å². The summed E-state index contributed by atoms with van der Waals surface area (Å²) < 4.78 is 0. The molecule has 0 radical (unpaired) electrons. The lowest BCUT2D eigenvalue weighted by Crippen LogP contribution is -1.86. The average molecular weight is 837 g/mol. The fraction of sp³-hybridized carbons (Fsp3) is 0.280. The minimum atomic E-state index is 1.12. The van der Waals surface area contributed by atoms with Crippen molar-refractivity contribution in [1.82, 2.24) is 0 Å². The highest BCUT2D eigenvalue weighted by Crippen LogP contribution is 2.47. The molecule has 0 fully saturated rings. The Bertz CT molecular complexity index is 2640. The summed E-state index contributed by atoms with van der Waals surface area (Å²) >= 11 is 11.3. The minimum Gasteiger partial charge on any atom is -0.139 e. The SMILES string of the molecule is C=C=C=C=C=C=C=C=C=C=C=Cc1cc(C)sc1-c1ccc(-c2ccc(-c3ccc(-c4ccc(-c5sc(C)cc5CCCCCCCCCCCC)s4)s3)s2)s1. The van der Waals surface area contributed by atoms with E-state index in [1.807, 2.05) is 62.8 Å². The molecule has 0 amide bonds. The summed E-state index contributed by atoms with van der Waals surface area (Å²) in [4.78, 5) is 16.0. The van der Waals surface area contributed by atoms with Gasteiger partial charge in [0.2, 0.25) is 0 Å². The van der Waals surface area contributed by atoms with Crippen LogP contribution in [0.2, 0.25) is 0 Å². The highest BCUT2D eigenvalue weighted by molar-refractivity contribution is 7.30. The summed E-state index contributed by atoms with van der Waals surface area (Å²) in [7, 11) is 0. The molecule has 6 heterocycles. The van der Waals surface area contributed by atoms with Crippen LogP contribution in [0, 0.1) is 13.8 Å². The molecule has 6 aromatic heterocycles. The fourth-order valence-electron chi connectivity index (χ4n) is 6.37. The van der Waals surface area contributed by atoms with Crippen molar-refractivity contribution in [3.05, 3.63) is 145 Å². The van der Waals surface area contributed by atoms with Crippen molar-refractivity contribution in [3.8, 4) is 48.8 Å². The van der Waals surface area contributed by atoms with Gasteiger partial charge in [0.05, 0.1) is 4.88 Å². The summed E-state index contributed by atoms with van der Waals surface area (Å²) in [5.74, 6) is 0. The monoisotopic (exact) mass is 836 g/mol. The summed E-state index contributed by atoms with van der Waals surface area (Å²) in [5, 5.41) is 0. The molecule has 0 aliphatic carbocycles. The highest BCUT2D eigenvalue weighted by atomic mass is 32.1. The molecule has 0 nitrogen and oxygen atoms in total. The number of hydrogen-bond donors (Lipinski definition) is 0. The van der Waals surface area contributed by atoms with E-state index in [-0.39, 0.29) is 0 Å². The van der Waals surface area contributed by atoms with Crippen LogP contribution in [0.4, 0.5) is 0 Å². The van der Waals surface area contributed by atoms with Gasteiger partial charge in [0, 0.05) is 59.2 Å². The molecule has 56 heavy (non-hydrogen) atoms. The van der Waals surface area contributed by atoms with E-state index in [4.69, 9.17) is 0 Å². The number of rotatable bonds is 17. The van der Waals surface area contributed by atoms with E-state index in [9.17, 15) is 0 Å². The molecular weight excluding hydrogens is 793 g/mol. The van der Waals surface area contributed by atoms with Gasteiger partial charge in [0.25, 0.3) is 0 Å². The molecule has 0 atom stereocenters. The number of aryl methyl sites for hydroxylation is 3. The molecule has 6 rings (SSSR count). The van der Waals surface area contributed by atoms with Gasteiger partial charge in [-0.15, -0.1) is 68.0 Å². The van der Waals surface area contributed by atoms with Crippen LogP contribution in [0.3, 0.4) is 0 Å². The zero-order valence-corrected chi connectivity index (χ0v) is 37.2. The van der Waals surface area contributed by atoms with Crippen molar-refractivity contribution in [3.63, 3.8) is 0 Å². The number of hydrogen-bond acceptors (Lipinski definition) is 6. The lowest BCUT2D eigenvalue weighted by molar-refractivity contribution is 0.556. The Morgan fingerprint density at radius 2 is 0.875 bits per heavy atom. The Morgan fingerprint density at radius 1 is 0.464 bits per heavy atom. The quantitative estimate of drug-likeness (QED) is 0.0634. The summed E-state index contributed by atoms with van der Waals surface area (Å²) in [6, 6.07) is 22.9. The molecule has 0 saturated carbocycles. The van der Waals surface area contributed by atoms with Crippen molar-refractivity contribution < 1.29 is 0 Å². The zero-order valence-electron chi connectivity index (χ0n) is 32.3. The first-order valence-electron chi connectivity index (χ1n) is 19.2. The minimum absolute atomic E-state index is 1.12. The maximum atomic E-state index is 3.40. The normalized spacial score (nSPS) is 10.2. The van der Waals surface area contributed by atoms with E-state index in [1.165, 1.54) is 129 Å². The van der Waals surface area contributed by atoms with E-state index in [1.54, 1.807) is 16.9 Å². The van der Waals surface area contributed by atoms with Crippen molar-refractivity contribution in [1.29, 1.82) is 0 Å². The first-order valence-corrected chi connectivity index (χ1v) is 24.1.